The molecule has 1 fully saturated rings. The first-order valence-electron chi connectivity index (χ1n) is 7.50. The number of rotatable bonds is 3. The zero-order chi connectivity index (χ0) is 14.4. The van der Waals surface area contributed by atoms with Crippen molar-refractivity contribution in [3.8, 4) is 0 Å². The van der Waals surface area contributed by atoms with Gasteiger partial charge >= 0.3 is 0 Å². The second-order valence-electron chi connectivity index (χ2n) is 6.19. The van der Waals surface area contributed by atoms with E-state index in [4.69, 9.17) is 10.2 Å². The minimum atomic E-state index is -0.0763. The Morgan fingerprint density at radius 1 is 1.05 bits per heavy atom. The van der Waals surface area contributed by atoms with Crippen LogP contribution in [0.3, 0.4) is 0 Å². The first kappa shape index (κ1) is 12.7. The minimum absolute atomic E-state index is 0.0597. The standard InChI is InChI=1S/C19H19NO/c1-13-7-8-16-14(11-13)12-17(21-16)18(20)19(9-10-19)15-5-3-2-4-6-15/h2-8,11-12,18H,9-10,20H2,1H3. The summed E-state index contributed by atoms with van der Waals surface area (Å²) in [5, 5.41) is 1.14. The molecule has 0 saturated heterocycles. The molecule has 1 aliphatic rings. The maximum Gasteiger partial charge on any atom is 0.134 e. The largest absolute Gasteiger partial charge is 0.459 e. The van der Waals surface area contributed by atoms with Gasteiger partial charge in [0.15, 0.2) is 0 Å². The monoisotopic (exact) mass is 277 g/mol. The van der Waals surface area contributed by atoms with Gasteiger partial charge in [0, 0.05) is 10.8 Å². The van der Waals surface area contributed by atoms with Gasteiger partial charge in [0.2, 0.25) is 0 Å². The Hall–Kier alpha value is -2.06. The van der Waals surface area contributed by atoms with Crippen LogP contribution in [0.25, 0.3) is 11.0 Å². The quantitative estimate of drug-likeness (QED) is 0.767. The fraction of sp³-hybridized carbons (Fsp3) is 0.263. The molecule has 2 heteroatoms. The molecule has 2 aromatic carbocycles. The van der Waals surface area contributed by atoms with Gasteiger partial charge in [0.05, 0.1) is 6.04 Å². The molecule has 0 spiro atoms. The summed E-state index contributed by atoms with van der Waals surface area (Å²) >= 11 is 0. The number of hydrogen-bond donors (Lipinski definition) is 1. The first-order valence-corrected chi connectivity index (χ1v) is 7.50. The third-order valence-corrected chi connectivity index (χ3v) is 4.73. The molecule has 1 unspecified atom stereocenters. The Labute approximate surface area is 124 Å². The molecule has 3 aromatic rings. The van der Waals surface area contributed by atoms with E-state index in [1.165, 1.54) is 11.1 Å². The Morgan fingerprint density at radius 3 is 2.52 bits per heavy atom. The van der Waals surface area contributed by atoms with Crippen LogP contribution in [0, 0.1) is 6.92 Å². The lowest BCUT2D eigenvalue weighted by Crippen LogP contribution is -2.25. The second-order valence-corrected chi connectivity index (χ2v) is 6.19. The van der Waals surface area contributed by atoms with Crippen LogP contribution in [-0.2, 0) is 5.41 Å². The number of furan rings is 1. The molecule has 106 valence electrons. The molecule has 1 aliphatic carbocycles. The predicted molar refractivity (Wildman–Crippen MR) is 85.2 cm³/mol. The highest BCUT2D eigenvalue weighted by Gasteiger charge is 2.50. The minimum Gasteiger partial charge on any atom is -0.459 e. The highest BCUT2D eigenvalue weighted by molar-refractivity contribution is 5.78. The fourth-order valence-electron chi connectivity index (χ4n) is 3.29. The number of fused-ring (bicyclic) bond motifs is 1. The van der Waals surface area contributed by atoms with E-state index in [0.717, 1.165) is 29.6 Å². The lowest BCUT2D eigenvalue weighted by atomic mass is 9.87. The molecule has 2 N–H and O–H groups in total. The van der Waals surface area contributed by atoms with Crippen molar-refractivity contribution in [3.05, 3.63) is 71.5 Å². The van der Waals surface area contributed by atoms with Crippen molar-refractivity contribution in [2.45, 2.75) is 31.2 Å². The van der Waals surface area contributed by atoms with Crippen LogP contribution in [0.4, 0.5) is 0 Å². The molecule has 21 heavy (non-hydrogen) atoms. The summed E-state index contributed by atoms with van der Waals surface area (Å²) in [6.45, 7) is 2.10. The summed E-state index contributed by atoms with van der Waals surface area (Å²) in [5.41, 5.74) is 10.1. The van der Waals surface area contributed by atoms with E-state index in [1.54, 1.807) is 0 Å². The van der Waals surface area contributed by atoms with Gasteiger partial charge in [0.25, 0.3) is 0 Å². The summed E-state index contributed by atoms with van der Waals surface area (Å²) < 4.78 is 6.01. The highest BCUT2D eigenvalue weighted by Crippen LogP contribution is 2.55. The maximum absolute atomic E-state index is 6.58. The zero-order valence-corrected chi connectivity index (χ0v) is 12.2. The van der Waals surface area contributed by atoms with E-state index in [-0.39, 0.29) is 11.5 Å². The van der Waals surface area contributed by atoms with Crippen molar-refractivity contribution < 1.29 is 4.42 Å². The number of nitrogens with two attached hydrogens (primary N) is 1. The van der Waals surface area contributed by atoms with Gasteiger partial charge in [-0.05, 0) is 43.5 Å². The van der Waals surface area contributed by atoms with Crippen molar-refractivity contribution >= 4 is 11.0 Å². The van der Waals surface area contributed by atoms with E-state index in [2.05, 4.69) is 55.5 Å². The normalized spacial score (nSPS) is 17.8. The third-order valence-electron chi connectivity index (χ3n) is 4.73. The van der Waals surface area contributed by atoms with Crippen molar-refractivity contribution in [3.63, 3.8) is 0 Å². The van der Waals surface area contributed by atoms with Gasteiger partial charge in [-0.2, -0.15) is 0 Å². The topological polar surface area (TPSA) is 39.2 Å². The summed E-state index contributed by atoms with van der Waals surface area (Å²) in [7, 11) is 0. The van der Waals surface area contributed by atoms with Gasteiger partial charge in [-0.3, -0.25) is 0 Å². The second kappa shape index (κ2) is 4.47. The molecule has 0 amide bonds. The molecule has 1 aromatic heterocycles. The van der Waals surface area contributed by atoms with Crippen molar-refractivity contribution in [2.75, 3.05) is 0 Å². The summed E-state index contributed by atoms with van der Waals surface area (Å²) in [6.07, 6.45) is 2.27. The highest BCUT2D eigenvalue weighted by atomic mass is 16.3. The summed E-state index contributed by atoms with van der Waals surface area (Å²) in [6, 6.07) is 18.9. The Kier molecular flexibility index (Phi) is 2.69. The van der Waals surface area contributed by atoms with Crippen LogP contribution in [-0.4, -0.2) is 0 Å². The third kappa shape index (κ3) is 1.98. The molecule has 1 heterocycles. The Balaban J connectivity index is 1.75. The molecule has 0 bridgehead atoms. The van der Waals surface area contributed by atoms with Crippen molar-refractivity contribution in [1.29, 1.82) is 0 Å². The van der Waals surface area contributed by atoms with Gasteiger partial charge < -0.3 is 10.2 Å². The van der Waals surface area contributed by atoms with Gasteiger partial charge in [-0.25, -0.2) is 0 Å². The van der Waals surface area contributed by atoms with E-state index < -0.39 is 0 Å². The lowest BCUT2D eigenvalue weighted by Gasteiger charge is -2.22. The summed E-state index contributed by atoms with van der Waals surface area (Å²) in [4.78, 5) is 0. The maximum atomic E-state index is 6.58. The Bertz CT molecular complexity index is 784. The van der Waals surface area contributed by atoms with Crippen LogP contribution in [0.15, 0.2) is 59.0 Å². The van der Waals surface area contributed by atoms with E-state index in [9.17, 15) is 0 Å². The van der Waals surface area contributed by atoms with Gasteiger partial charge in [-0.15, -0.1) is 0 Å². The average Bonchev–Trinajstić information content (AvgIpc) is 3.21. The average molecular weight is 277 g/mol. The molecule has 1 atom stereocenters. The van der Waals surface area contributed by atoms with E-state index in [1.807, 2.05) is 6.07 Å². The van der Waals surface area contributed by atoms with Gasteiger partial charge in [-0.1, -0.05) is 42.0 Å². The molecule has 0 radical (unpaired) electrons. The molecule has 1 saturated carbocycles. The van der Waals surface area contributed by atoms with Crippen LogP contribution >= 0.6 is 0 Å². The smallest absolute Gasteiger partial charge is 0.134 e. The molecule has 2 nitrogen and oxygen atoms in total. The zero-order valence-electron chi connectivity index (χ0n) is 12.2. The van der Waals surface area contributed by atoms with Crippen LogP contribution < -0.4 is 5.73 Å². The van der Waals surface area contributed by atoms with Crippen molar-refractivity contribution in [2.24, 2.45) is 5.73 Å². The first-order chi connectivity index (χ1) is 10.2. The number of hydrogen-bond acceptors (Lipinski definition) is 2. The van der Waals surface area contributed by atoms with Crippen LogP contribution in [0.1, 0.15) is 35.8 Å². The van der Waals surface area contributed by atoms with Crippen molar-refractivity contribution in [1.82, 2.24) is 0 Å². The molecular formula is C19H19NO. The van der Waals surface area contributed by atoms with E-state index >= 15 is 0 Å². The number of benzene rings is 2. The van der Waals surface area contributed by atoms with Gasteiger partial charge in [0.1, 0.15) is 11.3 Å². The van der Waals surface area contributed by atoms with E-state index in [0.29, 0.717) is 0 Å². The molecular weight excluding hydrogens is 258 g/mol. The lowest BCUT2D eigenvalue weighted by molar-refractivity contribution is 0.431. The number of aryl methyl sites for hydroxylation is 1. The van der Waals surface area contributed by atoms with Crippen LogP contribution in [0.2, 0.25) is 0 Å². The SMILES string of the molecule is Cc1ccc2oc(C(N)C3(c4ccccc4)CC3)cc2c1. The fourth-order valence-corrected chi connectivity index (χ4v) is 3.29. The Morgan fingerprint density at radius 2 is 1.81 bits per heavy atom. The van der Waals surface area contributed by atoms with Crippen LogP contribution in [0.5, 0.6) is 0 Å². The predicted octanol–water partition coefficient (Wildman–Crippen LogP) is 4.47. The molecule has 4 rings (SSSR count). The summed E-state index contributed by atoms with van der Waals surface area (Å²) in [5.74, 6) is 0.900. The molecule has 0 aliphatic heterocycles.